The van der Waals surface area contributed by atoms with E-state index in [1.165, 1.54) is 0 Å². The van der Waals surface area contributed by atoms with Crippen molar-refractivity contribution in [3.63, 3.8) is 0 Å². The molecule has 0 bridgehead atoms. The van der Waals surface area contributed by atoms with E-state index >= 15 is 0 Å². The normalized spacial score (nSPS) is 12.5. The molecule has 0 radical (unpaired) electrons. The molecule has 0 aliphatic rings. The number of hydrogen-bond acceptors (Lipinski definition) is 5. The summed E-state index contributed by atoms with van der Waals surface area (Å²) in [6, 6.07) is -0.115. The minimum Gasteiger partial charge on any atom is -0.404 e. The average Bonchev–Trinajstić information content (AvgIpc) is 2.23. The third kappa shape index (κ3) is 4.39. The standard InChI is InChI=1S/C8H3ClF5NO5S/c9-21(18,19)6-2-4(15(16)17)3(7(10)11)1-5(6)20-8(12,13)14/h1-2,7H. The summed E-state index contributed by atoms with van der Waals surface area (Å²) >= 11 is 0. The number of alkyl halides is 5. The predicted octanol–water partition coefficient (Wildman–Crippen LogP) is 3.36. The molecule has 0 unspecified atom stereocenters. The highest BCUT2D eigenvalue weighted by Gasteiger charge is 2.36. The number of nitro groups is 1. The molecule has 0 aliphatic heterocycles. The van der Waals surface area contributed by atoms with Gasteiger partial charge in [0.05, 0.1) is 10.5 Å². The topological polar surface area (TPSA) is 86.5 Å². The monoisotopic (exact) mass is 355 g/mol. The second-order valence-corrected chi connectivity index (χ2v) is 5.94. The fourth-order valence-electron chi connectivity index (χ4n) is 1.29. The van der Waals surface area contributed by atoms with Crippen LogP contribution in [0, 0.1) is 10.1 Å². The van der Waals surface area contributed by atoms with Crippen LogP contribution >= 0.6 is 10.7 Å². The van der Waals surface area contributed by atoms with E-state index in [9.17, 15) is 40.5 Å². The molecule has 0 atom stereocenters. The maximum Gasteiger partial charge on any atom is 0.573 e. The summed E-state index contributed by atoms with van der Waals surface area (Å²) in [7, 11) is -0.0905. The number of nitro benzene ring substituents is 1. The van der Waals surface area contributed by atoms with Gasteiger partial charge in [-0.15, -0.1) is 13.2 Å². The predicted molar refractivity (Wildman–Crippen MR) is 57.8 cm³/mol. The zero-order chi connectivity index (χ0) is 16.6. The molecule has 1 rings (SSSR count). The Labute approximate surface area is 117 Å². The van der Waals surface area contributed by atoms with Crippen LogP contribution in [0.5, 0.6) is 5.75 Å². The lowest BCUT2D eigenvalue weighted by Crippen LogP contribution is -2.19. The molecule has 0 spiro atoms. The molecule has 13 heteroatoms. The van der Waals surface area contributed by atoms with Crippen LogP contribution in [0.25, 0.3) is 0 Å². The Morgan fingerprint density at radius 1 is 1.29 bits per heavy atom. The van der Waals surface area contributed by atoms with E-state index in [-0.39, 0.29) is 12.1 Å². The third-order valence-corrected chi connectivity index (χ3v) is 3.36. The smallest absolute Gasteiger partial charge is 0.404 e. The first-order chi connectivity index (χ1) is 9.33. The Hall–Kier alpha value is -1.69. The van der Waals surface area contributed by atoms with Gasteiger partial charge in [0.15, 0.2) is 0 Å². The van der Waals surface area contributed by atoms with Crippen molar-refractivity contribution in [1.82, 2.24) is 0 Å². The molecule has 6 nitrogen and oxygen atoms in total. The highest BCUT2D eigenvalue weighted by atomic mass is 35.7. The molecule has 1 aromatic rings. The van der Waals surface area contributed by atoms with Crippen molar-refractivity contribution in [3.05, 3.63) is 27.8 Å². The SMILES string of the molecule is O=[N+]([O-])c1cc(S(=O)(=O)Cl)c(OC(F)(F)F)cc1C(F)F. The van der Waals surface area contributed by atoms with Crippen LogP contribution in [0.1, 0.15) is 12.0 Å². The second-order valence-electron chi connectivity index (χ2n) is 3.40. The largest absolute Gasteiger partial charge is 0.573 e. The first kappa shape index (κ1) is 17.4. The lowest BCUT2D eigenvalue weighted by atomic mass is 10.2. The fraction of sp³-hybridized carbons (Fsp3) is 0.250. The Kier molecular flexibility index (Phi) is 4.63. The van der Waals surface area contributed by atoms with Gasteiger partial charge in [0, 0.05) is 16.7 Å². The van der Waals surface area contributed by atoms with Crippen molar-refractivity contribution in [2.24, 2.45) is 0 Å². The molecule has 0 saturated heterocycles. The van der Waals surface area contributed by atoms with Crippen LogP contribution in [0.2, 0.25) is 0 Å². The summed E-state index contributed by atoms with van der Waals surface area (Å²) in [5.41, 5.74) is -2.85. The quantitative estimate of drug-likeness (QED) is 0.358. The van der Waals surface area contributed by atoms with E-state index < -0.39 is 48.7 Å². The van der Waals surface area contributed by atoms with Crippen LogP contribution in [-0.4, -0.2) is 19.7 Å². The Bertz CT molecular complexity index is 674. The summed E-state index contributed by atoms with van der Waals surface area (Å²) in [4.78, 5) is 7.74. The molecule has 0 aliphatic carbocycles. The zero-order valence-corrected chi connectivity index (χ0v) is 11.0. The number of halogens is 6. The van der Waals surface area contributed by atoms with Gasteiger partial charge in [-0.05, 0) is 6.07 Å². The van der Waals surface area contributed by atoms with Crippen LogP contribution in [0.15, 0.2) is 17.0 Å². The molecular weight excluding hydrogens is 353 g/mol. The maximum absolute atomic E-state index is 12.6. The van der Waals surface area contributed by atoms with E-state index in [0.29, 0.717) is 0 Å². The van der Waals surface area contributed by atoms with Crippen molar-refractivity contribution < 1.29 is 40.0 Å². The van der Waals surface area contributed by atoms with Gasteiger partial charge >= 0.3 is 6.36 Å². The van der Waals surface area contributed by atoms with Gasteiger partial charge < -0.3 is 4.74 Å². The fourth-order valence-corrected chi connectivity index (χ4v) is 2.25. The summed E-state index contributed by atoms with van der Waals surface area (Å²) in [6.45, 7) is 0. The van der Waals surface area contributed by atoms with Crippen LogP contribution in [0.3, 0.4) is 0 Å². The van der Waals surface area contributed by atoms with Gasteiger partial charge in [-0.1, -0.05) is 0 Å². The van der Waals surface area contributed by atoms with Crippen molar-refractivity contribution in [2.45, 2.75) is 17.7 Å². The summed E-state index contributed by atoms with van der Waals surface area (Å²) in [6.07, 6.45) is -8.95. The molecule has 0 amide bonds. The molecule has 0 saturated carbocycles. The molecule has 0 N–H and O–H groups in total. The lowest BCUT2D eigenvalue weighted by Gasteiger charge is -2.13. The second kappa shape index (κ2) is 5.60. The highest BCUT2D eigenvalue weighted by molar-refractivity contribution is 8.13. The van der Waals surface area contributed by atoms with Gasteiger partial charge in [0.25, 0.3) is 21.2 Å². The number of rotatable bonds is 4. The summed E-state index contributed by atoms with van der Waals surface area (Å²) in [5, 5.41) is 10.6. The van der Waals surface area contributed by atoms with Gasteiger partial charge in [0.1, 0.15) is 10.6 Å². The number of nitrogens with zero attached hydrogens (tertiary/aromatic N) is 1. The molecule has 118 valence electrons. The third-order valence-electron chi connectivity index (χ3n) is 2.01. The van der Waals surface area contributed by atoms with Crippen LogP contribution in [0.4, 0.5) is 27.6 Å². The number of hydrogen-bond donors (Lipinski definition) is 0. The zero-order valence-electron chi connectivity index (χ0n) is 9.40. The lowest BCUT2D eigenvalue weighted by molar-refractivity contribution is -0.386. The van der Waals surface area contributed by atoms with Crippen molar-refractivity contribution >= 4 is 25.4 Å². The Morgan fingerprint density at radius 2 is 1.81 bits per heavy atom. The van der Waals surface area contributed by atoms with E-state index in [1.807, 2.05) is 0 Å². The molecular formula is C8H3ClF5NO5S. The van der Waals surface area contributed by atoms with E-state index in [1.54, 1.807) is 0 Å². The Balaban J connectivity index is 3.68. The molecule has 0 heterocycles. The van der Waals surface area contributed by atoms with E-state index in [4.69, 9.17) is 10.7 Å². The van der Waals surface area contributed by atoms with E-state index in [0.717, 1.165) is 0 Å². The van der Waals surface area contributed by atoms with Gasteiger partial charge in [0.2, 0.25) is 0 Å². The van der Waals surface area contributed by atoms with E-state index in [2.05, 4.69) is 4.74 Å². The summed E-state index contributed by atoms with van der Waals surface area (Å²) in [5.74, 6) is -1.58. The molecule has 0 fully saturated rings. The van der Waals surface area contributed by atoms with Gasteiger partial charge in [-0.2, -0.15) is 0 Å². The molecule has 21 heavy (non-hydrogen) atoms. The van der Waals surface area contributed by atoms with Crippen LogP contribution < -0.4 is 4.74 Å². The minimum atomic E-state index is -5.41. The minimum absolute atomic E-state index is 0.0229. The number of benzene rings is 1. The van der Waals surface area contributed by atoms with Crippen LogP contribution in [-0.2, 0) is 9.05 Å². The van der Waals surface area contributed by atoms with Crippen molar-refractivity contribution in [3.8, 4) is 5.75 Å². The van der Waals surface area contributed by atoms with Gasteiger partial charge in [-0.3, -0.25) is 10.1 Å². The molecule has 1 aromatic carbocycles. The molecule has 0 aromatic heterocycles. The first-order valence-corrected chi connectivity index (χ1v) is 6.94. The maximum atomic E-state index is 12.6. The average molecular weight is 356 g/mol. The van der Waals surface area contributed by atoms with Crippen molar-refractivity contribution in [2.75, 3.05) is 0 Å². The first-order valence-electron chi connectivity index (χ1n) is 4.64. The summed E-state index contributed by atoms with van der Waals surface area (Å²) < 4.78 is 87.0. The van der Waals surface area contributed by atoms with Gasteiger partial charge in [-0.25, -0.2) is 17.2 Å². The highest BCUT2D eigenvalue weighted by Crippen LogP contribution is 2.40. The number of ether oxygens (including phenoxy) is 1. The Morgan fingerprint density at radius 3 is 2.14 bits per heavy atom. The van der Waals surface area contributed by atoms with Crippen molar-refractivity contribution in [1.29, 1.82) is 0 Å².